The summed E-state index contributed by atoms with van der Waals surface area (Å²) in [6.07, 6.45) is 5.88. The summed E-state index contributed by atoms with van der Waals surface area (Å²) in [4.78, 5) is 26.4. The van der Waals surface area contributed by atoms with E-state index >= 15 is 0 Å². The van der Waals surface area contributed by atoms with E-state index in [0.717, 1.165) is 43.6 Å². The summed E-state index contributed by atoms with van der Waals surface area (Å²) in [5.74, 6) is 0.101. The van der Waals surface area contributed by atoms with Crippen LogP contribution in [0.4, 0.5) is 0 Å². The van der Waals surface area contributed by atoms with Crippen LogP contribution in [0.3, 0.4) is 0 Å². The zero-order valence-corrected chi connectivity index (χ0v) is 16.2. The number of ether oxygens (including phenoxy) is 2. The molecular formula is C21H30NO4+. The lowest BCUT2D eigenvalue weighted by atomic mass is 9.61. The number of allylic oxidation sites excluding steroid dienone is 3. The van der Waals surface area contributed by atoms with E-state index in [1.807, 2.05) is 13.0 Å². The molecule has 4 rings (SSSR count). The van der Waals surface area contributed by atoms with Crippen LogP contribution in [-0.2, 0) is 19.1 Å². The van der Waals surface area contributed by atoms with E-state index in [1.165, 1.54) is 4.90 Å². The molecule has 2 aliphatic carbocycles. The highest BCUT2D eigenvalue weighted by Crippen LogP contribution is 2.52. The number of carbonyl (C=O) groups is 2. The van der Waals surface area contributed by atoms with Crippen LogP contribution in [0.5, 0.6) is 0 Å². The van der Waals surface area contributed by atoms with Crippen molar-refractivity contribution in [2.45, 2.75) is 58.8 Å². The highest BCUT2D eigenvalue weighted by Gasteiger charge is 2.55. The molecule has 1 saturated carbocycles. The summed E-state index contributed by atoms with van der Waals surface area (Å²) in [6, 6.07) is 0. The van der Waals surface area contributed by atoms with Gasteiger partial charge in [0.2, 0.25) is 0 Å². The van der Waals surface area contributed by atoms with E-state index < -0.39 is 0 Å². The summed E-state index contributed by atoms with van der Waals surface area (Å²) < 4.78 is 11.7. The van der Waals surface area contributed by atoms with E-state index in [2.05, 4.69) is 20.8 Å². The van der Waals surface area contributed by atoms with Crippen molar-refractivity contribution in [2.24, 2.45) is 17.3 Å². The molecule has 0 aromatic heterocycles. The first-order valence-electron chi connectivity index (χ1n) is 9.93. The minimum absolute atomic E-state index is 0.0547. The Morgan fingerprint density at radius 3 is 2.62 bits per heavy atom. The Hall–Kier alpha value is -1.46. The number of carbonyl (C=O) groups excluding carboxylic acids is 2. The van der Waals surface area contributed by atoms with Crippen molar-refractivity contribution >= 4 is 11.8 Å². The standard InChI is InChI=1S/C21H29NO4/c1-12-9-22(10-13(2)25-12)11-16-15-5-7-21(4)8-6-17(23)14(3)18(21)19(15)26-20(16)24/h6,8,12-13,15-16,19H,5,7,9-11H2,1-4H3/p+1/t12-,13-,15-,16-,19-,21-/m0/s1. The SMILES string of the molecule is CC1=C2[C@H]3OC(=O)[C@@H](C[NH+]4C[C@H](C)O[C@@H](C)C4)[C@@H]3CC[C@@]2(C)C=CC1=O. The Balaban J connectivity index is 1.57. The lowest BCUT2D eigenvalue weighted by molar-refractivity contribution is -0.917. The fraction of sp³-hybridized carbons (Fsp3) is 0.714. The third-order valence-corrected chi connectivity index (χ3v) is 6.85. The second-order valence-corrected chi connectivity index (χ2v) is 8.94. The zero-order chi connectivity index (χ0) is 18.6. The molecule has 2 saturated heterocycles. The molecule has 2 aliphatic heterocycles. The van der Waals surface area contributed by atoms with Crippen molar-refractivity contribution in [2.75, 3.05) is 19.6 Å². The number of rotatable bonds is 2. The van der Waals surface area contributed by atoms with Gasteiger partial charge in [0, 0.05) is 16.9 Å². The number of hydrogen-bond acceptors (Lipinski definition) is 4. The molecule has 0 radical (unpaired) electrons. The molecule has 6 atom stereocenters. The van der Waals surface area contributed by atoms with Crippen molar-refractivity contribution in [3.05, 3.63) is 23.3 Å². The zero-order valence-electron chi connectivity index (χ0n) is 16.2. The van der Waals surface area contributed by atoms with Gasteiger partial charge >= 0.3 is 5.97 Å². The topological polar surface area (TPSA) is 57.0 Å². The van der Waals surface area contributed by atoms with Crippen molar-refractivity contribution in [3.8, 4) is 0 Å². The molecule has 1 N–H and O–H groups in total. The number of quaternary nitrogens is 1. The summed E-state index contributed by atoms with van der Waals surface area (Å²) >= 11 is 0. The van der Waals surface area contributed by atoms with Gasteiger partial charge in [0.15, 0.2) is 5.78 Å². The maximum absolute atomic E-state index is 12.8. The molecule has 5 nitrogen and oxygen atoms in total. The number of esters is 1. The summed E-state index contributed by atoms with van der Waals surface area (Å²) in [7, 11) is 0. The molecular weight excluding hydrogens is 330 g/mol. The first-order chi connectivity index (χ1) is 12.3. The molecule has 0 aromatic rings. The van der Waals surface area contributed by atoms with Gasteiger partial charge in [-0.15, -0.1) is 0 Å². The molecule has 4 aliphatic rings. The predicted octanol–water partition coefficient (Wildman–Crippen LogP) is 1.09. The quantitative estimate of drug-likeness (QED) is 0.749. The minimum Gasteiger partial charge on any atom is -0.457 e. The smallest absolute Gasteiger partial charge is 0.315 e. The first-order valence-corrected chi connectivity index (χ1v) is 9.93. The van der Waals surface area contributed by atoms with Crippen molar-refractivity contribution in [1.29, 1.82) is 0 Å². The second-order valence-electron chi connectivity index (χ2n) is 8.94. The molecule has 3 fully saturated rings. The third kappa shape index (κ3) is 2.85. The fourth-order valence-corrected chi connectivity index (χ4v) is 5.67. The Labute approximate surface area is 155 Å². The van der Waals surface area contributed by atoms with Gasteiger partial charge in [-0.3, -0.25) is 9.59 Å². The Morgan fingerprint density at radius 1 is 1.23 bits per heavy atom. The molecule has 26 heavy (non-hydrogen) atoms. The third-order valence-electron chi connectivity index (χ3n) is 6.85. The number of morpholine rings is 1. The maximum Gasteiger partial charge on any atom is 0.315 e. The van der Waals surface area contributed by atoms with Gasteiger partial charge in [0.05, 0.1) is 6.54 Å². The lowest BCUT2D eigenvalue weighted by Gasteiger charge is -2.43. The van der Waals surface area contributed by atoms with Gasteiger partial charge in [-0.1, -0.05) is 13.0 Å². The van der Waals surface area contributed by atoms with E-state index in [0.29, 0.717) is 0 Å². The minimum atomic E-state index is -0.226. The number of nitrogens with one attached hydrogen (secondary N) is 1. The van der Waals surface area contributed by atoms with E-state index in [4.69, 9.17) is 9.47 Å². The molecule has 0 unspecified atom stereocenters. The van der Waals surface area contributed by atoms with E-state index in [1.54, 1.807) is 6.08 Å². The first kappa shape index (κ1) is 17.9. The van der Waals surface area contributed by atoms with Crippen LogP contribution in [0.15, 0.2) is 23.3 Å². The monoisotopic (exact) mass is 360 g/mol. The van der Waals surface area contributed by atoms with E-state index in [-0.39, 0.29) is 47.3 Å². The van der Waals surface area contributed by atoms with Gasteiger partial charge in [0.25, 0.3) is 0 Å². The molecule has 0 amide bonds. The molecule has 0 bridgehead atoms. The molecule has 0 spiro atoms. The molecule has 5 heteroatoms. The van der Waals surface area contributed by atoms with Gasteiger partial charge < -0.3 is 14.4 Å². The van der Waals surface area contributed by atoms with Crippen LogP contribution in [0.1, 0.15) is 40.5 Å². The van der Waals surface area contributed by atoms with Crippen LogP contribution in [-0.4, -0.2) is 49.7 Å². The van der Waals surface area contributed by atoms with E-state index in [9.17, 15) is 9.59 Å². The highest BCUT2D eigenvalue weighted by molar-refractivity contribution is 6.05. The number of fused-ring (bicyclic) bond motifs is 3. The van der Waals surface area contributed by atoms with Crippen LogP contribution < -0.4 is 4.90 Å². The Morgan fingerprint density at radius 2 is 1.92 bits per heavy atom. The van der Waals surface area contributed by atoms with Crippen LogP contribution in [0, 0.1) is 17.3 Å². The Bertz CT molecular complexity index is 686. The van der Waals surface area contributed by atoms with Gasteiger partial charge in [-0.05, 0) is 45.3 Å². The van der Waals surface area contributed by atoms with Crippen molar-refractivity contribution in [3.63, 3.8) is 0 Å². The maximum atomic E-state index is 12.8. The normalized spacial score (nSPS) is 45.4. The fourth-order valence-electron chi connectivity index (χ4n) is 5.67. The Kier molecular flexibility index (Phi) is 4.35. The summed E-state index contributed by atoms with van der Waals surface area (Å²) in [5, 5.41) is 0. The van der Waals surface area contributed by atoms with Crippen LogP contribution in [0.25, 0.3) is 0 Å². The predicted molar refractivity (Wildman–Crippen MR) is 96.6 cm³/mol. The van der Waals surface area contributed by atoms with Crippen molar-refractivity contribution < 1.29 is 24.0 Å². The van der Waals surface area contributed by atoms with Gasteiger partial charge in [-0.2, -0.15) is 0 Å². The number of ketones is 1. The molecule has 2 heterocycles. The van der Waals surface area contributed by atoms with Crippen molar-refractivity contribution in [1.82, 2.24) is 0 Å². The van der Waals surface area contributed by atoms with Gasteiger partial charge in [-0.25, -0.2) is 0 Å². The summed E-state index contributed by atoms with van der Waals surface area (Å²) in [5.41, 5.74) is 1.68. The van der Waals surface area contributed by atoms with Gasteiger partial charge in [0.1, 0.15) is 37.3 Å². The number of hydrogen-bond donors (Lipinski definition) is 1. The lowest BCUT2D eigenvalue weighted by Crippen LogP contribution is -3.16. The van der Waals surface area contributed by atoms with Crippen LogP contribution >= 0.6 is 0 Å². The second kappa shape index (κ2) is 6.31. The van der Waals surface area contributed by atoms with Crippen LogP contribution in [0.2, 0.25) is 0 Å². The summed E-state index contributed by atoms with van der Waals surface area (Å²) in [6.45, 7) is 10.9. The average molecular weight is 360 g/mol. The molecule has 0 aromatic carbocycles. The molecule has 142 valence electrons. The average Bonchev–Trinajstić information content (AvgIpc) is 2.86. The largest absolute Gasteiger partial charge is 0.457 e. The highest BCUT2D eigenvalue weighted by atomic mass is 16.6.